The highest BCUT2D eigenvalue weighted by Gasteiger charge is 2.09. The Morgan fingerprint density at radius 1 is 1.27 bits per heavy atom. The average molecular weight is 230 g/mol. The Labute approximate surface area is 94.5 Å². The summed E-state index contributed by atoms with van der Waals surface area (Å²) in [5.41, 5.74) is 5.70. The molecule has 1 rings (SSSR count). The molecule has 0 aliphatic rings. The first-order chi connectivity index (χ1) is 6.87. The van der Waals surface area contributed by atoms with Crippen molar-refractivity contribution in [3.05, 3.63) is 5.28 Å². The van der Waals surface area contributed by atoms with E-state index < -0.39 is 0 Å². The summed E-state index contributed by atoms with van der Waals surface area (Å²) < 4.78 is 0. The summed E-state index contributed by atoms with van der Waals surface area (Å²) in [6.45, 7) is 7.29. The molecule has 0 unspecified atom stereocenters. The van der Waals surface area contributed by atoms with Gasteiger partial charge in [-0.25, -0.2) is 0 Å². The van der Waals surface area contributed by atoms with Gasteiger partial charge in [0.1, 0.15) is 0 Å². The van der Waals surface area contributed by atoms with E-state index in [0.29, 0.717) is 5.95 Å². The van der Waals surface area contributed by atoms with Gasteiger partial charge in [0, 0.05) is 6.54 Å². The summed E-state index contributed by atoms with van der Waals surface area (Å²) in [7, 11) is 0. The highest BCUT2D eigenvalue weighted by Crippen LogP contribution is 2.18. The fourth-order valence-corrected chi connectivity index (χ4v) is 1.16. The van der Waals surface area contributed by atoms with Gasteiger partial charge in [0.05, 0.1) is 0 Å². The van der Waals surface area contributed by atoms with E-state index in [2.05, 4.69) is 41.0 Å². The Kier molecular flexibility index (Phi) is 3.68. The molecule has 0 bridgehead atoms. The maximum Gasteiger partial charge on any atom is 0.228 e. The molecule has 0 saturated heterocycles. The summed E-state index contributed by atoms with van der Waals surface area (Å²) >= 11 is 5.64. The minimum Gasteiger partial charge on any atom is -0.368 e. The van der Waals surface area contributed by atoms with Crippen molar-refractivity contribution >= 4 is 23.5 Å². The molecule has 0 radical (unpaired) electrons. The van der Waals surface area contributed by atoms with Crippen molar-refractivity contribution in [3.63, 3.8) is 0 Å². The predicted octanol–water partition coefficient (Wildman–Crippen LogP) is 1.96. The molecule has 0 spiro atoms. The number of nitrogens with two attached hydrogens (primary N) is 1. The van der Waals surface area contributed by atoms with Crippen LogP contribution in [0.25, 0.3) is 0 Å². The summed E-state index contributed by atoms with van der Waals surface area (Å²) in [6, 6.07) is 0. The number of nitrogen functional groups attached to an aromatic ring is 1. The molecule has 6 heteroatoms. The second kappa shape index (κ2) is 4.61. The smallest absolute Gasteiger partial charge is 0.228 e. The van der Waals surface area contributed by atoms with Gasteiger partial charge in [0.2, 0.25) is 17.2 Å². The van der Waals surface area contributed by atoms with Crippen LogP contribution in [0.2, 0.25) is 5.28 Å². The zero-order valence-corrected chi connectivity index (χ0v) is 9.97. The maximum absolute atomic E-state index is 5.64. The molecule has 5 nitrogen and oxygen atoms in total. The third kappa shape index (κ3) is 4.78. The summed E-state index contributed by atoms with van der Waals surface area (Å²) in [5, 5.41) is 3.17. The zero-order valence-electron chi connectivity index (χ0n) is 9.21. The first kappa shape index (κ1) is 12.0. The number of anilines is 2. The number of aromatic nitrogens is 3. The highest BCUT2D eigenvalue weighted by atomic mass is 35.5. The lowest BCUT2D eigenvalue weighted by Crippen LogP contribution is -2.14. The third-order valence-corrected chi connectivity index (χ3v) is 1.95. The molecule has 84 valence electrons. The molecule has 15 heavy (non-hydrogen) atoms. The van der Waals surface area contributed by atoms with Crippen molar-refractivity contribution in [2.75, 3.05) is 17.6 Å². The number of rotatable bonds is 3. The lowest BCUT2D eigenvalue weighted by molar-refractivity contribution is 0.389. The SMILES string of the molecule is CC(C)(C)CCNc1nc(N)nc(Cl)n1. The van der Waals surface area contributed by atoms with Gasteiger partial charge in [-0.1, -0.05) is 20.8 Å². The highest BCUT2D eigenvalue weighted by molar-refractivity contribution is 6.28. The lowest BCUT2D eigenvalue weighted by atomic mass is 9.92. The Hall–Kier alpha value is -1.10. The van der Waals surface area contributed by atoms with E-state index in [9.17, 15) is 0 Å². The second-order valence-corrected chi connectivity index (χ2v) is 4.86. The molecule has 0 saturated carbocycles. The van der Waals surface area contributed by atoms with Gasteiger partial charge in [0.25, 0.3) is 0 Å². The van der Waals surface area contributed by atoms with Crippen LogP contribution in [0.15, 0.2) is 0 Å². The van der Waals surface area contributed by atoms with E-state index in [1.165, 1.54) is 0 Å². The van der Waals surface area contributed by atoms with Crippen LogP contribution >= 0.6 is 11.6 Å². The van der Waals surface area contributed by atoms with Crippen LogP contribution in [0.5, 0.6) is 0 Å². The third-order valence-electron chi connectivity index (χ3n) is 1.78. The predicted molar refractivity (Wildman–Crippen MR) is 61.8 cm³/mol. The Morgan fingerprint density at radius 3 is 2.47 bits per heavy atom. The molecule has 1 aromatic heterocycles. The summed E-state index contributed by atoms with van der Waals surface area (Å²) in [4.78, 5) is 11.5. The number of hydrogen-bond donors (Lipinski definition) is 2. The monoisotopic (exact) mass is 229 g/mol. The Morgan fingerprint density at radius 2 is 1.93 bits per heavy atom. The zero-order chi connectivity index (χ0) is 11.5. The molecule has 1 aromatic rings. The quantitative estimate of drug-likeness (QED) is 0.829. The van der Waals surface area contributed by atoms with Crippen LogP contribution < -0.4 is 11.1 Å². The van der Waals surface area contributed by atoms with Crippen molar-refractivity contribution in [3.8, 4) is 0 Å². The van der Waals surface area contributed by atoms with E-state index in [1.54, 1.807) is 0 Å². The first-order valence-corrected chi connectivity index (χ1v) is 5.15. The molecular weight excluding hydrogens is 214 g/mol. The van der Waals surface area contributed by atoms with Crippen LogP contribution in [0.4, 0.5) is 11.9 Å². The van der Waals surface area contributed by atoms with Gasteiger partial charge >= 0.3 is 0 Å². The normalized spacial score (nSPS) is 11.5. The summed E-state index contributed by atoms with van der Waals surface area (Å²) in [5.74, 6) is 0.560. The largest absolute Gasteiger partial charge is 0.368 e. The van der Waals surface area contributed by atoms with Crippen LogP contribution in [0.3, 0.4) is 0 Å². The van der Waals surface area contributed by atoms with Crippen molar-refractivity contribution in [1.29, 1.82) is 0 Å². The fraction of sp³-hybridized carbons (Fsp3) is 0.667. The van der Waals surface area contributed by atoms with Gasteiger partial charge in [-0.2, -0.15) is 15.0 Å². The van der Waals surface area contributed by atoms with Gasteiger partial charge < -0.3 is 11.1 Å². The van der Waals surface area contributed by atoms with Crippen molar-refractivity contribution in [1.82, 2.24) is 15.0 Å². The molecule has 3 N–H and O–H groups in total. The van der Waals surface area contributed by atoms with Crippen LogP contribution in [-0.4, -0.2) is 21.5 Å². The molecule has 0 fully saturated rings. The van der Waals surface area contributed by atoms with Crippen LogP contribution in [0, 0.1) is 5.41 Å². The van der Waals surface area contributed by atoms with Crippen molar-refractivity contribution < 1.29 is 0 Å². The lowest BCUT2D eigenvalue weighted by Gasteiger charge is -2.17. The van der Waals surface area contributed by atoms with Gasteiger partial charge in [-0.05, 0) is 23.4 Å². The first-order valence-electron chi connectivity index (χ1n) is 4.78. The van der Waals surface area contributed by atoms with Crippen molar-refractivity contribution in [2.45, 2.75) is 27.2 Å². The molecule has 0 amide bonds. The number of hydrogen-bond acceptors (Lipinski definition) is 5. The second-order valence-electron chi connectivity index (χ2n) is 4.52. The van der Waals surface area contributed by atoms with Crippen LogP contribution in [-0.2, 0) is 0 Å². The number of nitrogens with zero attached hydrogens (tertiary/aromatic N) is 3. The van der Waals surface area contributed by atoms with Gasteiger partial charge in [-0.3, -0.25) is 0 Å². The topological polar surface area (TPSA) is 76.7 Å². The maximum atomic E-state index is 5.64. The van der Waals surface area contributed by atoms with E-state index in [-0.39, 0.29) is 16.6 Å². The molecule has 0 aliphatic heterocycles. The van der Waals surface area contributed by atoms with Crippen molar-refractivity contribution in [2.24, 2.45) is 5.41 Å². The van der Waals surface area contributed by atoms with E-state index in [1.807, 2.05) is 0 Å². The van der Waals surface area contributed by atoms with Crippen LogP contribution in [0.1, 0.15) is 27.2 Å². The summed E-state index contributed by atoms with van der Waals surface area (Å²) in [6.07, 6.45) is 1.01. The van der Waals surface area contributed by atoms with Gasteiger partial charge in [-0.15, -0.1) is 0 Å². The number of nitrogens with one attached hydrogen (secondary N) is 1. The molecule has 0 aromatic carbocycles. The minimum atomic E-state index is 0.112. The Balaban J connectivity index is 2.51. The molecular formula is C9H16ClN5. The molecule has 0 aliphatic carbocycles. The minimum absolute atomic E-state index is 0.112. The van der Waals surface area contributed by atoms with Gasteiger partial charge in [0.15, 0.2) is 0 Å². The fourth-order valence-electron chi connectivity index (χ4n) is 0.994. The Bertz CT molecular complexity index is 314. The van der Waals surface area contributed by atoms with E-state index in [4.69, 9.17) is 17.3 Å². The number of halogens is 1. The van der Waals surface area contributed by atoms with E-state index in [0.717, 1.165) is 13.0 Å². The average Bonchev–Trinajstić information content (AvgIpc) is 1.99. The molecule has 0 atom stereocenters. The molecule has 1 heterocycles. The van der Waals surface area contributed by atoms with E-state index >= 15 is 0 Å². The standard InChI is InChI=1S/C9H16ClN5/c1-9(2,3)4-5-12-8-14-6(10)13-7(11)15-8/h4-5H2,1-3H3,(H3,11,12,13,14,15).